The van der Waals surface area contributed by atoms with Crippen LogP contribution in [0.4, 0.5) is 5.69 Å². The highest BCUT2D eigenvalue weighted by molar-refractivity contribution is 7.89. The molecule has 3 rings (SSSR count). The fourth-order valence-electron chi connectivity index (χ4n) is 3.71. The fraction of sp³-hybridized carbons (Fsp3) is 0.440. The van der Waals surface area contributed by atoms with Crippen LogP contribution in [0.15, 0.2) is 47.4 Å². The number of hydrogen-bond donors (Lipinski definition) is 1. The van der Waals surface area contributed by atoms with Crippen molar-refractivity contribution in [1.29, 1.82) is 0 Å². The molecule has 1 heterocycles. The Hall–Kier alpha value is -2.75. The van der Waals surface area contributed by atoms with Crippen LogP contribution in [0.3, 0.4) is 0 Å². The van der Waals surface area contributed by atoms with Gasteiger partial charge in [-0.3, -0.25) is 4.79 Å². The first-order valence-corrected chi connectivity index (χ1v) is 12.9. The number of nitrogens with one attached hydrogen (secondary N) is 1. The van der Waals surface area contributed by atoms with Crippen LogP contribution in [0.25, 0.3) is 0 Å². The van der Waals surface area contributed by atoms with Gasteiger partial charge in [-0.05, 0) is 55.5 Å². The van der Waals surface area contributed by atoms with E-state index in [4.69, 9.17) is 9.47 Å². The standard InChI is InChI=1S/C25H32N2O6S/c1-5-17(2)21-8-6-7-9-22(21)26-24(28)19(4)33-25(29)20-11-10-18(3)23(16-20)34(30,31)27-12-14-32-15-13-27/h6-11,16-17,19H,5,12-15H2,1-4H3,(H,26,28). The predicted molar refractivity (Wildman–Crippen MR) is 129 cm³/mol. The van der Waals surface area contributed by atoms with Crippen molar-refractivity contribution in [3.8, 4) is 0 Å². The van der Waals surface area contributed by atoms with Gasteiger partial charge in [0.25, 0.3) is 5.91 Å². The van der Waals surface area contributed by atoms with Crippen molar-refractivity contribution in [3.63, 3.8) is 0 Å². The maximum Gasteiger partial charge on any atom is 0.338 e. The summed E-state index contributed by atoms with van der Waals surface area (Å²) < 4.78 is 38.1. The molecule has 2 aromatic carbocycles. The fourth-order valence-corrected chi connectivity index (χ4v) is 5.37. The zero-order valence-corrected chi connectivity index (χ0v) is 20.9. The van der Waals surface area contributed by atoms with E-state index in [1.807, 2.05) is 24.3 Å². The van der Waals surface area contributed by atoms with Crippen LogP contribution in [0.1, 0.15) is 54.6 Å². The molecule has 1 amide bonds. The molecular formula is C25H32N2O6S. The van der Waals surface area contributed by atoms with Crippen LogP contribution in [0.5, 0.6) is 0 Å². The van der Waals surface area contributed by atoms with E-state index in [0.29, 0.717) is 24.5 Å². The number of esters is 1. The van der Waals surface area contributed by atoms with Gasteiger partial charge < -0.3 is 14.8 Å². The lowest BCUT2D eigenvalue weighted by Gasteiger charge is -2.26. The van der Waals surface area contributed by atoms with Gasteiger partial charge in [0.2, 0.25) is 10.0 Å². The summed E-state index contributed by atoms with van der Waals surface area (Å²) in [6.45, 7) is 8.47. The lowest BCUT2D eigenvalue weighted by atomic mass is 9.97. The molecule has 0 radical (unpaired) electrons. The molecule has 1 saturated heterocycles. The third-order valence-corrected chi connectivity index (χ3v) is 8.07. The third kappa shape index (κ3) is 5.84. The number of ether oxygens (including phenoxy) is 2. The maximum atomic E-state index is 13.1. The molecule has 2 unspecified atom stereocenters. The minimum atomic E-state index is -3.78. The van der Waals surface area contributed by atoms with Crippen molar-refractivity contribution in [2.24, 2.45) is 0 Å². The highest BCUT2D eigenvalue weighted by atomic mass is 32.2. The van der Waals surface area contributed by atoms with Gasteiger partial charge in [-0.1, -0.05) is 38.1 Å². The molecule has 0 spiro atoms. The molecule has 2 aromatic rings. The SMILES string of the molecule is CCC(C)c1ccccc1NC(=O)C(C)OC(=O)c1ccc(C)c(S(=O)(=O)N2CCOCC2)c1. The summed E-state index contributed by atoms with van der Waals surface area (Å²) >= 11 is 0. The average molecular weight is 489 g/mol. The van der Waals surface area contributed by atoms with E-state index in [2.05, 4.69) is 19.2 Å². The highest BCUT2D eigenvalue weighted by Crippen LogP contribution is 2.27. The van der Waals surface area contributed by atoms with Gasteiger partial charge in [-0.2, -0.15) is 4.31 Å². The Morgan fingerprint density at radius 3 is 2.47 bits per heavy atom. The normalized spacial score (nSPS) is 16.5. The number of para-hydroxylation sites is 1. The number of benzene rings is 2. The molecule has 1 fully saturated rings. The zero-order chi connectivity index (χ0) is 24.9. The molecule has 0 aliphatic carbocycles. The van der Waals surface area contributed by atoms with Crippen LogP contribution in [0.2, 0.25) is 0 Å². The second-order valence-electron chi connectivity index (χ2n) is 8.43. The molecule has 0 saturated carbocycles. The molecule has 0 bridgehead atoms. The number of aryl methyl sites for hydroxylation is 1. The summed E-state index contributed by atoms with van der Waals surface area (Å²) in [7, 11) is -3.78. The van der Waals surface area contributed by atoms with E-state index in [1.54, 1.807) is 13.0 Å². The van der Waals surface area contributed by atoms with Gasteiger partial charge in [0.1, 0.15) is 0 Å². The van der Waals surface area contributed by atoms with Crippen molar-refractivity contribution >= 4 is 27.6 Å². The second-order valence-corrected chi connectivity index (χ2v) is 10.3. The van der Waals surface area contributed by atoms with Crippen LogP contribution < -0.4 is 5.32 Å². The monoisotopic (exact) mass is 488 g/mol. The van der Waals surface area contributed by atoms with Gasteiger partial charge in [0.05, 0.1) is 23.7 Å². The molecule has 9 heteroatoms. The Bertz CT molecular complexity index is 1140. The van der Waals surface area contributed by atoms with Crippen molar-refractivity contribution in [1.82, 2.24) is 4.31 Å². The number of anilines is 1. The predicted octanol–water partition coefficient (Wildman–Crippen LogP) is 3.71. The lowest BCUT2D eigenvalue weighted by molar-refractivity contribution is -0.123. The van der Waals surface area contributed by atoms with Crippen molar-refractivity contribution in [2.75, 3.05) is 31.6 Å². The number of rotatable bonds is 8. The first-order chi connectivity index (χ1) is 16.1. The quantitative estimate of drug-likeness (QED) is 0.569. The smallest absolute Gasteiger partial charge is 0.338 e. The minimum absolute atomic E-state index is 0.0448. The number of amides is 1. The Labute approximate surface area is 201 Å². The molecule has 8 nitrogen and oxygen atoms in total. The van der Waals surface area contributed by atoms with Crippen LogP contribution in [0, 0.1) is 6.92 Å². The third-order valence-electron chi connectivity index (χ3n) is 6.03. The highest BCUT2D eigenvalue weighted by Gasteiger charge is 2.29. The first-order valence-electron chi connectivity index (χ1n) is 11.4. The van der Waals surface area contributed by atoms with Gasteiger partial charge in [0.15, 0.2) is 6.10 Å². The van der Waals surface area contributed by atoms with Crippen molar-refractivity contribution in [2.45, 2.75) is 51.0 Å². The van der Waals surface area contributed by atoms with Crippen LogP contribution in [-0.4, -0.2) is 57.0 Å². The van der Waals surface area contributed by atoms with E-state index in [-0.39, 0.29) is 29.5 Å². The molecular weight excluding hydrogens is 456 g/mol. The van der Waals surface area contributed by atoms with Crippen molar-refractivity contribution in [3.05, 3.63) is 59.2 Å². The number of hydrogen-bond acceptors (Lipinski definition) is 6. The Morgan fingerprint density at radius 2 is 1.79 bits per heavy atom. The summed E-state index contributed by atoms with van der Waals surface area (Å²) in [4.78, 5) is 25.5. The van der Waals surface area contributed by atoms with Gasteiger partial charge in [-0.15, -0.1) is 0 Å². The largest absolute Gasteiger partial charge is 0.449 e. The van der Waals surface area contributed by atoms with E-state index >= 15 is 0 Å². The van der Waals surface area contributed by atoms with Gasteiger partial charge >= 0.3 is 5.97 Å². The Kier molecular flexibility index (Phi) is 8.46. The molecule has 1 aliphatic rings. The summed E-state index contributed by atoms with van der Waals surface area (Å²) in [6, 6.07) is 11.9. The van der Waals surface area contributed by atoms with E-state index < -0.39 is 28.0 Å². The zero-order valence-electron chi connectivity index (χ0n) is 20.0. The van der Waals surface area contributed by atoms with Gasteiger partial charge in [0, 0.05) is 18.8 Å². The maximum absolute atomic E-state index is 13.1. The van der Waals surface area contributed by atoms with Crippen molar-refractivity contribution < 1.29 is 27.5 Å². The Balaban J connectivity index is 1.73. The van der Waals surface area contributed by atoms with Gasteiger partial charge in [-0.25, -0.2) is 13.2 Å². The summed E-state index contributed by atoms with van der Waals surface area (Å²) in [6.07, 6.45) is -0.154. The molecule has 2 atom stereocenters. The van der Waals surface area contributed by atoms with E-state index in [9.17, 15) is 18.0 Å². The summed E-state index contributed by atoms with van der Waals surface area (Å²) in [5, 5.41) is 2.84. The molecule has 34 heavy (non-hydrogen) atoms. The average Bonchev–Trinajstić information content (AvgIpc) is 2.84. The summed E-state index contributed by atoms with van der Waals surface area (Å²) in [5.41, 5.74) is 2.28. The number of carbonyl (C=O) groups excluding carboxylic acids is 2. The molecule has 184 valence electrons. The number of nitrogens with zero attached hydrogens (tertiary/aromatic N) is 1. The molecule has 0 aromatic heterocycles. The van der Waals surface area contributed by atoms with Crippen LogP contribution in [-0.2, 0) is 24.3 Å². The first kappa shape index (κ1) is 25.9. The number of morpholine rings is 1. The number of carbonyl (C=O) groups is 2. The summed E-state index contributed by atoms with van der Waals surface area (Å²) in [5.74, 6) is -0.970. The lowest BCUT2D eigenvalue weighted by Crippen LogP contribution is -2.40. The second kappa shape index (κ2) is 11.1. The minimum Gasteiger partial charge on any atom is -0.449 e. The van der Waals surface area contributed by atoms with Crippen LogP contribution >= 0.6 is 0 Å². The molecule has 1 aliphatic heterocycles. The van der Waals surface area contributed by atoms with E-state index in [0.717, 1.165) is 12.0 Å². The number of sulfonamides is 1. The van der Waals surface area contributed by atoms with E-state index in [1.165, 1.54) is 23.4 Å². The molecule has 1 N–H and O–H groups in total. The Morgan fingerprint density at radius 1 is 1.12 bits per heavy atom. The topological polar surface area (TPSA) is 102 Å².